The highest BCUT2D eigenvalue weighted by molar-refractivity contribution is 6.33. The third-order valence-corrected chi connectivity index (χ3v) is 4.92. The molecule has 4 rings (SSSR count). The predicted molar refractivity (Wildman–Crippen MR) is 73.9 cm³/mol. The molecular weight excluding hydrogens is 238 g/mol. The standard InChI is InChI=1S/C16H17NO2/c1-17-13-7-3-5-10-11-6-2-4-9(15(11)18)8-12(14(10)13)16(17)19/h3,5,7-9,11,15,18H,2,4,6H2,1H3/t9-,11+,15+/m1/s1. The Hall–Kier alpha value is -1.61. The summed E-state index contributed by atoms with van der Waals surface area (Å²) in [6.07, 6.45) is 4.83. The number of amides is 1. The summed E-state index contributed by atoms with van der Waals surface area (Å²) in [6, 6.07) is 6.09. The van der Waals surface area contributed by atoms with Gasteiger partial charge in [-0.25, -0.2) is 0 Å². The molecule has 1 aromatic rings. The molecule has 0 unspecified atom stereocenters. The Bertz CT molecular complexity index is 605. The number of fused-ring (bicyclic) bond motifs is 3. The zero-order valence-corrected chi connectivity index (χ0v) is 11.0. The van der Waals surface area contributed by atoms with Gasteiger partial charge in [0.05, 0.1) is 11.8 Å². The normalized spacial score (nSPS) is 31.9. The number of rotatable bonds is 0. The average Bonchev–Trinajstić information content (AvgIpc) is 2.64. The van der Waals surface area contributed by atoms with Gasteiger partial charge in [0.15, 0.2) is 0 Å². The van der Waals surface area contributed by atoms with Crippen LogP contribution in [0.3, 0.4) is 0 Å². The number of nitrogens with zero attached hydrogens (tertiary/aromatic N) is 1. The van der Waals surface area contributed by atoms with Crippen molar-refractivity contribution in [2.24, 2.45) is 5.92 Å². The Kier molecular flexibility index (Phi) is 2.19. The van der Waals surface area contributed by atoms with Crippen LogP contribution in [0, 0.1) is 5.92 Å². The molecule has 19 heavy (non-hydrogen) atoms. The predicted octanol–water partition coefficient (Wildman–Crippen LogP) is 2.30. The molecule has 1 heterocycles. The van der Waals surface area contributed by atoms with Crippen molar-refractivity contribution in [1.82, 2.24) is 0 Å². The first-order valence-corrected chi connectivity index (χ1v) is 6.99. The van der Waals surface area contributed by atoms with Crippen molar-refractivity contribution in [2.45, 2.75) is 31.3 Å². The molecule has 1 fully saturated rings. The second kappa shape index (κ2) is 3.70. The molecule has 3 heteroatoms. The minimum atomic E-state index is -0.337. The van der Waals surface area contributed by atoms with E-state index in [0.29, 0.717) is 0 Å². The lowest BCUT2D eigenvalue weighted by molar-refractivity contribution is -0.112. The van der Waals surface area contributed by atoms with E-state index < -0.39 is 0 Å². The molecule has 1 amide bonds. The van der Waals surface area contributed by atoms with E-state index in [4.69, 9.17) is 0 Å². The molecule has 1 aromatic carbocycles. The van der Waals surface area contributed by atoms with Crippen LogP contribution < -0.4 is 4.90 Å². The number of anilines is 1. The second-order valence-corrected chi connectivity index (χ2v) is 5.88. The SMILES string of the molecule is CN1C(=O)C2=C[C@H]3CCC[C@@H](c4cccc1c42)[C@H]3O. The van der Waals surface area contributed by atoms with E-state index in [1.807, 2.05) is 25.3 Å². The van der Waals surface area contributed by atoms with Gasteiger partial charge in [-0.2, -0.15) is 0 Å². The Morgan fingerprint density at radius 1 is 1.32 bits per heavy atom. The van der Waals surface area contributed by atoms with E-state index in [1.165, 1.54) is 0 Å². The van der Waals surface area contributed by atoms with Crippen molar-refractivity contribution in [3.05, 3.63) is 35.4 Å². The first kappa shape index (κ1) is 11.2. The highest BCUT2D eigenvalue weighted by atomic mass is 16.3. The average molecular weight is 255 g/mol. The van der Waals surface area contributed by atoms with Crippen LogP contribution in [0.25, 0.3) is 5.57 Å². The summed E-state index contributed by atoms with van der Waals surface area (Å²) < 4.78 is 0. The van der Waals surface area contributed by atoms with Gasteiger partial charge >= 0.3 is 0 Å². The molecule has 0 aromatic heterocycles. The van der Waals surface area contributed by atoms with Crippen molar-refractivity contribution in [3.63, 3.8) is 0 Å². The van der Waals surface area contributed by atoms with E-state index in [0.717, 1.165) is 41.6 Å². The number of hydrogen-bond donors (Lipinski definition) is 1. The van der Waals surface area contributed by atoms with Gasteiger partial charge in [-0.1, -0.05) is 24.6 Å². The third-order valence-electron chi connectivity index (χ3n) is 4.92. The van der Waals surface area contributed by atoms with Crippen molar-refractivity contribution < 1.29 is 9.90 Å². The van der Waals surface area contributed by atoms with Crippen LogP contribution in [0.2, 0.25) is 0 Å². The van der Waals surface area contributed by atoms with Crippen LogP contribution in [0.4, 0.5) is 5.69 Å². The maximum absolute atomic E-state index is 12.4. The molecular formula is C16H17NO2. The van der Waals surface area contributed by atoms with E-state index >= 15 is 0 Å². The quantitative estimate of drug-likeness (QED) is 0.772. The molecule has 98 valence electrons. The maximum atomic E-state index is 12.4. The zero-order chi connectivity index (χ0) is 13.1. The van der Waals surface area contributed by atoms with E-state index in [-0.39, 0.29) is 23.8 Å². The number of aliphatic hydroxyl groups excluding tert-OH is 1. The number of benzene rings is 1. The second-order valence-electron chi connectivity index (χ2n) is 5.88. The van der Waals surface area contributed by atoms with Crippen molar-refractivity contribution in [2.75, 3.05) is 11.9 Å². The number of aliphatic hydroxyl groups is 1. The lowest BCUT2D eigenvalue weighted by Gasteiger charge is -2.32. The van der Waals surface area contributed by atoms with Gasteiger partial charge < -0.3 is 10.0 Å². The van der Waals surface area contributed by atoms with Crippen LogP contribution in [-0.4, -0.2) is 24.2 Å². The summed E-state index contributed by atoms with van der Waals surface area (Å²) in [6.45, 7) is 0. The summed E-state index contributed by atoms with van der Waals surface area (Å²) in [5.41, 5.74) is 4.04. The molecule has 2 bridgehead atoms. The summed E-state index contributed by atoms with van der Waals surface area (Å²) >= 11 is 0. The molecule has 2 aliphatic carbocycles. The van der Waals surface area contributed by atoms with Crippen LogP contribution in [0.15, 0.2) is 24.3 Å². The fourth-order valence-corrected chi connectivity index (χ4v) is 3.94. The van der Waals surface area contributed by atoms with Crippen LogP contribution in [0.5, 0.6) is 0 Å². The molecule has 1 saturated carbocycles. The molecule has 3 nitrogen and oxygen atoms in total. The Labute approximate surface area is 112 Å². The molecule has 1 N–H and O–H groups in total. The molecule has 0 saturated heterocycles. The topological polar surface area (TPSA) is 40.5 Å². The van der Waals surface area contributed by atoms with Crippen LogP contribution in [-0.2, 0) is 4.79 Å². The van der Waals surface area contributed by atoms with Gasteiger partial charge in [0, 0.05) is 30.0 Å². The van der Waals surface area contributed by atoms with Gasteiger partial charge in [0.1, 0.15) is 0 Å². The molecule has 3 atom stereocenters. The minimum absolute atomic E-state index is 0.0715. The first-order chi connectivity index (χ1) is 9.18. The Balaban J connectivity index is 2.03. The van der Waals surface area contributed by atoms with Gasteiger partial charge in [0.25, 0.3) is 5.91 Å². The number of hydrogen-bond acceptors (Lipinski definition) is 2. The first-order valence-electron chi connectivity index (χ1n) is 6.99. The summed E-state index contributed by atoms with van der Waals surface area (Å²) in [5.74, 6) is 0.383. The smallest absolute Gasteiger partial charge is 0.258 e. The molecule has 3 aliphatic rings. The largest absolute Gasteiger partial charge is 0.392 e. The minimum Gasteiger partial charge on any atom is -0.392 e. The van der Waals surface area contributed by atoms with E-state index in [1.54, 1.807) is 4.90 Å². The third kappa shape index (κ3) is 1.34. The highest BCUT2D eigenvalue weighted by Gasteiger charge is 2.41. The monoisotopic (exact) mass is 255 g/mol. The fourth-order valence-electron chi connectivity index (χ4n) is 3.94. The molecule has 0 radical (unpaired) electrons. The fraction of sp³-hybridized carbons (Fsp3) is 0.438. The summed E-state index contributed by atoms with van der Waals surface area (Å²) in [5, 5.41) is 10.5. The number of likely N-dealkylation sites (N-methyl/N-ethyl adjacent to an activating group) is 1. The van der Waals surface area contributed by atoms with Gasteiger partial charge in [0.2, 0.25) is 0 Å². The van der Waals surface area contributed by atoms with E-state index in [2.05, 4.69) is 6.07 Å². The number of carbonyl (C=O) groups is 1. The van der Waals surface area contributed by atoms with Gasteiger partial charge in [-0.05, 0) is 24.5 Å². The Morgan fingerprint density at radius 3 is 3.00 bits per heavy atom. The highest BCUT2D eigenvalue weighted by Crippen LogP contribution is 2.49. The van der Waals surface area contributed by atoms with Crippen molar-refractivity contribution in [1.29, 1.82) is 0 Å². The molecule has 0 spiro atoms. The van der Waals surface area contributed by atoms with Crippen molar-refractivity contribution >= 4 is 17.2 Å². The lowest BCUT2D eigenvalue weighted by atomic mass is 9.76. The summed E-state index contributed by atoms with van der Waals surface area (Å²) in [7, 11) is 1.83. The van der Waals surface area contributed by atoms with Crippen LogP contribution >= 0.6 is 0 Å². The Morgan fingerprint density at radius 2 is 2.16 bits per heavy atom. The summed E-state index contributed by atoms with van der Waals surface area (Å²) in [4.78, 5) is 14.1. The zero-order valence-electron chi connectivity index (χ0n) is 11.0. The van der Waals surface area contributed by atoms with E-state index in [9.17, 15) is 9.90 Å². The molecule has 1 aliphatic heterocycles. The van der Waals surface area contributed by atoms with Gasteiger partial charge in [-0.3, -0.25) is 4.79 Å². The van der Waals surface area contributed by atoms with Crippen LogP contribution in [0.1, 0.15) is 36.3 Å². The maximum Gasteiger partial charge on any atom is 0.258 e. The van der Waals surface area contributed by atoms with Gasteiger partial charge in [-0.15, -0.1) is 0 Å². The number of carbonyl (C=O) groups excluding carboxylic acids is 1. The van der Waals surface area contributed by atoms with Crippen molar-refractivity contribution in [3.8, 4) is 0 Å². The lowest BCUT2D eigenvalue weighted by Crippen LogP contribution is -2.30.